The van der Waals surface area contributed by atoms with Crippen molar-refractivity contribution >= 4 is 29.0 Å². The minimum absolute atomic E-state index is 0.481. The van der Waals surface area contributed by atoms with Gasteiger partial charge in [0.2, 0.25) is 5.95 Å². The monoisotopic (exact) mass is 351 g/mol. The molecule has 0 bridgehead atoms. The number of nitrogens with one attached hydrogen (secondary N) is 2. The maximum absolute atomic E-state index is 5.37. The van der Waals surface area contributed by atoms with Crippen molar-refractivity contribution in [2.24, 2.45) is 0 Å². The number of aromatic nitrogens is 3. The van der Waals surface area contributed by atoms with Crippen LogP contribution in [0.4, 0.5) is 11.6 Å². The first-order chi connectivity index (χ1) is 12.2. The molecule has 0 aliphatic carbocycles. The van der Waals surface area contributed by atoms with E-state index in [1.54, 1.807) is 11.0 Å². The lowest BCUT2D eigenvalue weighted by molar-refractivity contribution is 0.684. The van der Waals surface area contributed by atoms with Gasteiger partial charge >= 0.3 is 0 Å². The van der Waals surface area contributed by atoms with Gasteiger partial charge < -0.3 is 5.32 Å². The van der Waals surface area contributed by atoms with Crippen LogP contribution in [0.1, 0.15) is 23.6 Å². The minimum Gasteiger partial charge on any atom is -0.332 e. The number of para-hydroxylation sites is 1. The fourth-order valence-corrected chi connectivity index (χ4v) is 2.80. The van der Waals surface area contributed by atoms with Crippen molar-refractivity contribution in [3.05, 3.63) is 71.5 Å². The van der Waals surface area contributed by atoms with E-state index in [4.69, 9.17) is 12.2 Å². The summed E-state index contributed by atoms with van der Waals surface area (Å²) >= 11 is 5.37. The normalized spacial score (nSPS) is 10.5. The molecule has 5 nitrogen and oxygen atoms in total. The molecular formula is C19H21N5S. The second-order valence-electron chi connectivity index (χ2n) is 5.78. The van der Waals surface area contributed by atoms with Gasteiger partial charge in [-0.05, 0) is 48.3 Å². The molecule has 0 aliphatic heterocycles. The van der Waals surface area contributed by atoms with Gasteiger partial charge in [-0.2, -0.15) is 0 Å². The Morgan fingerprint density at radius 2 is 1.76 bits per heavy atom. The summed E-state index contributed by atoms with van der Waals surface area (Å²) in [6, 6.07) is 16.4. The molecule has 25 heavy (non-hydrogen) atoms. The van der Waals surface area contributed by atoms with Crippen LogP contribution in [0, 0.1) is 6.92 Å². The molecule has 0 fully saturated rings. The summed E-state index contributed by atoms with van der Waals surface area (Å²) in [4.78, 5) is 4.28. The van der Waals surface area contributed by atoms with Gasteiger partial charge in [0.1, 0.15) is 6.33 Å². The molecule has 0 aliphatic rings. The van der Waals surface area contributed by atoms with Crippen LogP contribution in [0.5, 0.6) is 0 Å². The molecule has 6 heteroatoms. The van der Waals surface area contributed by atoms with Crippen molar-refractivity contribution in [2.75, 3.05) is 10.6 Å². The van der Waals surface area contributed by atoms with Crippen molar-refractivity contribution in [3.8, 4) is 0 Å². The molecule has 2 aromatic carbocycles. The topological polar surface area (TPSA) is 54.8 Å². The summed E-state index contributed by atoms with van der Waals surface area (Å²) in [7, 11) is 0. The number of thiocarbonyl (C=S) groups is 1. The predicted molar refractivity (Wildman–Crippen MR) is 106 cm³/mol. The van der Waals surface area contributed by atoms with Crippen LogP contribution in [-0.2, 0) is 13.0 Å². The van der Waals surface area contributed by atoms with E-state index in [0.29, 0.717) is 17.6 Å². The highest BCUT2D eigenvalue weighted by Gasteiger charge is 2.07. The smallest absolute Gasteiger partial charge is 0.248 e. The lowest BCUT2D eigenvalue weighted by Gasteiger charge is -2.11. The summed E-state index contributed by atoms with van der Waals surface area (Å²) in [6.45, 7) is 4.89. The summed E-state index contributed by atoms with van der Waals surface area (Å²) in [5.74, 6) is 0.486. The first-order valence-corrected chi connectivity index (χ1v) is 8.66. The number of aryl methyl sites for hydroxylation is 2. The molecule has 3 rings (SSSR count). The maximum atomic E-state index is 5.37. The fraction of sp³-hybridized carbons (Fsp3) is 0.211. The molecular weight excluding hydrogens is 330 g/mol. The van der Waals surface area contributed by atoms with Crippen LogP contribution < -0.4 is 10.6 Å². The van der Waals surface area contributed by atoms with Crippen LogP contribution in [0.15, 0.2) is 54.9 Å². The SMILES string of the molecule is CCc1ccccc1NC(=S)Nc1ncn(Cc2ccccc2C)n1. The Hall–Kier alpha value is -2.73. The number of nitrogens with zero attached hydrogens (tertiary/aromatic N) is 3. The van der Waals surface area contributed by atoms with Gasteiger partial charge in [-0.3, -0.25) is 5.32 Å². The Kier molecular flexibility index (Phi) is 5.40. The Balaban J connectivity index is 1.63. The first-order valence-electron chi connectivity index (χ1n) is 8.25. The third-order valence-electron chi connectivity index (χ3n) is 4.00. The molecule has 3 aromatic rings. The molecule has 0 saturated heterocycles. The zero-order valence-corrected chi connectivity index (χ0v) is 15.2. The summed E-state index contributed by atoms with van der Waals surface area (Å²) in [5.41, 5.74) is 4.67. The third-order valence-corrected chi connectivity index (χ3v) is 4.21. The summed E-state index contributed by atoms with van der Waals surface area (Å²) in [6.07, 6.45) is 2.65. The quantitative estimate of drug-likeness (QED) is 0.680. The zero-order chi connectivity index (χ0) is 17.6. The second kappa shape index (κ2) is 7.90. The van der Waals surface area contributed by atoms with Crippen LogP contribution in [-0.4, -0.2) is 19.9 Å². The number of benzene rings is 2. The van der Waals surface area contributed by atoms with Crippen LogP contribution in [0.25, 0.3) is 0 Å². The zero-order valence-electron chi connectivity index (χ0n) is 14.4. The molecule has 0 unspecified atom stereocenters. The Morgan fingerprint density at radius 1 is 1.04 bits per heavy atom. The van der Waals surface area contributed by atoms with E-state index in [2.05, 4.69) is 52.8 Å². The Bertz CT molecular complexity index is 872. The lowest BCUT2D eigenvalue weighted by Crippen LogP contribution is -2.20. The van der Waals surface area contributed by atoms with Gasteiger partial charge in [-0.25, -0.2) is 9.67 Å². The molecule has 128 valence electrons. The average molecular weight is 351 g/mol. The van der Waals surface area contributed by atoms with Crippen LogP contribution in [0.3, 0.4) is 0 Å². The number of anilines is 2. The number of hydrogen-bond donors (Lipinski definition) is 2. The third kappa shape index (κ3) is 4.42. The predicted octanol–water partition coefficient (Wildman–Crippen LogP) is 4.01. The molecule has 0 amide bonds. The Morgan fingerprint density at radius 3 is 2.52 bits per heavy atom. The van der Waals surface area contributed by atoms with Crippen molar-refractivity contribution < 1.29 is 0 Å². The van der Waals surface area contributed by atoms with Crippen LogP contribution in [0.2, 0.25) is 0 Å². The highest BCUT2D eigenvalue weighted by molar-refractivity contribution is 7.80. The van der Waals surface area contributed by atoms with Gasteiger partial charge in [0.15, 0.2) is 5.11 Å². The second-order valence-corrected chi connectivity index (χ2v) is 6.19. The first kappa shape index (κ1) is 17.1. The van der Waals surface area contributed by atoms with E-state index in [1.807, 2.05) is 30.3 Å². The maximum Gasteiger partial charge on any atom is 0.248 e. The van der Waals surface area contributed by atoms with Gasteiger partial charge in [0.05, 0.1) is 6.54 Å². The van der Waals surface area contributed by atoms with Crippen LogP contribution >= 0.6 is 12.2 Å². The highest BCUT2D eigenvalue weighted by Crippen LogP contribution is 2.16. The lowest BCUT2D eigenvalue weighted by atomic mass is 10.1. The van der Waals surface area contributed by atoms with Crippen molar-refractivity contribution in [1.29, 1.82) is 0 Å². The Labute approximate surface area is 153 Å². The van der Waals surface area contributed by atoms with E-state index >= 15 is 0 Å². The molecule has 2 N–H and O–H groups in total. The molecule has 1 heterocycles. The van der Waals surface area contributed by atoms with Gasteiger partial charge in [0.25, 0.3) is 0 Å². The summed E-state index contributed by atoms with van der Waals surface area (Å²) < 4.78 is 1.80. The van der Waals surface area contributed by atoms with Gasteiger partial charge in [-0.1, -0.05) is 49.4 Å². The van der Waals surface area contributed by atoms with E-state index in [1.165, 1.54) is 16.7 Å². The fourth-order valence-electron chi connectivity index (χ4n) is 2.60. The standard InChI is InChI=1S/C19H21N5S/c1-3-15-9-6-7-11-17(15)21-19(25)22-18-20-13-24(23-18)12-16-10-5-4-8-14(16)2/h4-11,13H,3,12H2,1-2H3,(H2,21,22,23,25). The van der Waals surface area contributed by atoms with Gasteiger partial charge in [-0.15, -0.1) is 5.10 Å². The van der Waals surface area contributed by atoms with Crippen molar-refractivity contribution in [2.45, 2.75) is 26.8 Å². The highest BCUT2D eigenvalue weighted by atomic mass is 32.1. The molecule has 0 atom stereocenters. The average Bonchev–Trinajstić information content (AvgIpc) is 3.04. The summed E-state index contributed by atoms with van der Waals surface area (Å²) in [5, 5.41) is 11.2. The largest absolute Gasteiger partial charge is 0.332 e. The van der Waals surface area contributed by atoms with E-state index in [0.717, 1.165) is 12.1 Å². The van der Waals surface area contributed by atoms with Crippen molar-refractivity contribution in [1.82, 2.24) is 14.8 Å². The number of hydrogen-bond acceptors (Lipinski definition) is 3. The molecule has 1 aromatic heterocycles. The van der Waals surface area contributed by atoms with E-state index in [-0.39, 0.29) is 0 Å². The molecule has 0 saturated carbocycles. The minimum atomic E-state index is 0.481. The van der Waals surface area contributed by atoms with E-state index < -0.39 is 0 Å². The van der Waals surface area contributed by atoms with E-state index in [9.17, 15) is 0 Å². The van der Waals surface area contributed by atoms with Gasteiger partial charge in [0, 0.05) is 5.69 Å². The van der Waals surface area contributed by atoms with Crippen molar-refractivity contribution in [3.63, 3.8) is 0 Å². The molecule has 0 radical (unpaired) electrons. The number of rotatable bonds is 5. The molecule has 0 spiro atoms.